The molecule has 2 rings (SSSR count). The Kier molecular flexibility index (Phi) is 4.94. The molecule has 0 bridgehead atoms. The number of hydrogen-bond acceptors (Lipinski definition) is 2. The molecule has 2 heteroatoms. The predicted molar refractivity (Wildman–Crippen MR) is 83.3 cm³/mol. The molecule has 2 aliphatic carbocycles. The van der Waals surface area contributed by atoms with Gasteiger partial charge in [0.25, 0.3) is 0 Å². The summed E-state index contributed by atoms with van der Waals surface area (Å²) >= 11 is 0. The van der Waals surface area contributed by atoms with Gasteiger partial charge < -0.3 is 5.73 Å². The normalized spacial score (nSPS) is 27.0. The Balaban J connectivity index is 2.00. The standard InChI is InChI=1S/C17H34N2/c1-4-7-15(2)19(3)17(14-18)12-10-16(11-13-17)8-5-6-9-16/h15H,4-14,18H2,1-3H3. The van der Waals surface area contributed by atoms with Crippen LogP contribution in [-0.4, -0.2) is 30.1 Å². The Bertz CT molecular complexity index is 271. The van der Waals surface area contributed by atoms with Crippen molar-refractivity contribution in [1.82, 2.24) is 4.90 Å². The highest BCUT2D eigenvalue weighted by molar-refractivity contribution is 5.01. The van der Waals surface area contributed by atoms with E-state index in [1.165, 1.54) is 64.2 Å². The molecule has 0 saturated heterocycles. The lowest BCUT2D eigenvalue weighted by Gasteiger charge is -2.51. The van der Waals surface area contributed by atoms with Crippen LogP contribution >= 0.6 is 0 Å². The average Bonchev–Trinajstić information content (AvgIpc) is 2.88. The summed E-state index contributed by atoms with van der Waals surface area (Å²) < 4.78 is 0. The fraction of sp³-hybridized carbons (Fsp3) is 1.00. The molecule has 0 aromatic carbocycles. The zero-order valence-electron chi connectivity index (χ0n) is 13.4. The quantitative estimate of drug-likeness (QED) is 0.816. The van der Waals surface area contributed by atoms with E-state index in [2.05, 4.69) is 25.8 Å². The van der Waals surface area contributed by atoms with Crippen molar-refractivity contribution in [3.63, 3.8) is 0 Å². The Labute approximate surface area is 120 Å². The highest BCUT2D eigenvalue weighted by atomic mass is 15.2. The summed E-state index contributed by atoms with van der Waals surface area (Å²) in [5.74, 6) is 0. The molecule has 1 unspecified atom stereocenters. The zero-order chi connectivity index (χ0) is 13.9. The van der Waals surface area contributed by atoms with Gasteiger partial charge in [-0.25, -0.2) is 0 Å². The molecule has 0 aromatic heterocycles. The van der Waals surface area contributed by atoms with Gasteiger partial charge in [-0.1, -0.05) is 26.2 Å². The maximum atomic E-state index is 6.22. The van der Waals surface area contributed by atoms with Crippen molar-refractivity contribution in [2.75, 3.05) is 13.6 Å². The molecule has 112 valence electrons. The first-order valence-corrected chi connectivity index (χ1v) is 8.50. The van der Waals surface area contributed by atoms with E-state index in [0.29, 0.717) is 17.0 Å². The SMILES string of the molecule is CCCC(C)N(C)C1(CN)CCC2(CCCC2)CC1. The van der Waals surface area contributed by atoms with E-state index in [1.54, 1.807) is 0 Å². The molecule has 0 aliphatic heterocycles. The van der Waals surface area contributed by atoms with Crippen LogP contribution in [0.2, 0.25) is 0 Å². The van der Waals surface area contributed by atoms with Crippen molar-refractivity contribution < 1.29 is 0 Å². The van der Waals surface area contributed by atoms with Gasteiger partial charge in [0.1, 0.15) is 0 Å². The summed E-state index contributed by atoms with van der Waals surface area (Å²) in [5, 5.41) is 0. The number of likely N-dealkylation sites (N-methyl/N-ethyl adjacent to an activating group) is 1. The van der Waals surface area contributed by atoms with Crippen LogP contribution in [0.25, 0.3) is 0 Å². The summed E-state index contributed by atoms with van der Waals surface area (Å²) in [5.41, 5.74) is 7.23. The molecule has 0 amide bonds. The van der Waals surface area contributed by atoms with Crippen LogP contribution in [0.5, 0.6) is 0 Å². The van der Waals surface area contributed by atoms with Gasteiger partial charge in [-0.2, -0.15) is 0 Å². The van der Waals surface area contributed by atoms with E-state index in [4.69, 9.17) is 5.73 Å². The van der Waals surface area contributed by atoms with E-state index in [-0.39, 0.29) is 0 Å². The van der Waals surface area contributed by atoms with Crippen LogP contribution in [0.4, 0.5) is 0 Å². The minimum absolute atomic E-state index is 0.294. The van der Waals surface area contributed by atoms with Gasteiger partial charge in [0.2, 0.25) is 0 Å². The van der Waals surface area contributed by atoms with E-state index in [9.17, 15) is 0 Å². The summed E-state index contributed by atoms with van der Waals surface area (Å²) in [7, 11) is 2.32. The van der Waals surface area contributed by atoms with Crippen LogP contribution in [0.3, 0.4) is 0 Å². The van der Waals surface area contributed by atoms with Gasteiger partial charge in [0.15, 0.2) is 0 Å². The molecule has 2 aliphatic rings. The summed E-state index contributed by atoms with van der Waals surface area (Å²) in [4.78, 5) is 2.62. The Morgan fingerprint density at radius 1 is 1.05 bits per heavy atom. The van der Waals surface area contributed by atoms with Gasteiger partial charge in [0.05, 0.1) is 0 Å². The lowest BCUT2D eigenvalue weighted by atomic mass is 9.65. The maximum absolute atomic E-state index is 6.22. The zero-order valence-corrected chi connectivity index (χ0v) is 13.4. The van der Waals surface area contributed by atoms with Crippen molar-refractivity contribution >= 4 is 0 Å². The van der Waals surface area contributed by atoms with Crippen molar-refractivity contribution in [3.8, 4) is 0 Å². The summed E-state index contributed by atoms with van der Waals surface area (Å²) in [6.45, 7) is 5.50. The van der Waals surface area contributed by atoms with Crippen LogP contribution in [0, 0.1) is 5.41 Å². The molecular weight excluding hydrogens is 232 g/mol. The molecule has 2 N–H and O–H groups in total. The summed E-state index contributed by atoms with van der Waals surface area (Å²) in [6.07, 6.45) is 14.0. The molecule has 2 saturated carbocycles. The number of nitrogens with two attached hydrogens (primary N) is 1. The number of hydrogen-bond donors (Lipinski definition) is 1. The Morgan fingerprint density at radius 2 is 1.63 bits per heavy atom. The molecule has 0 heterocycles. The molecule has 1 atom stereocenters. The van der Waals surface area contributed by atoms with E-state index in [0.717, 1.165) is 6.54 Å². The summed E-state index contributed by atoms with van der Waals surface area (Å²) in [6, 6.07) is 0.672. The van der Waals surface area contributed by atoms with Crippen molar-refractivity contribution in [1.29, 1.82) is 0 Å². The first kappa shape index (κ1) is 15.3. The number of rotatable bonds is 5. The van der Waals surface area contributed by atoms with Crippen LogP contribution in [-0.2, 0) is 0 Å². The van der Waals surface area contributed by atoms with Gasteiger partial charge >= 0.3 is 0 Å². The molecule has 0 radical (unpaired) electrons. The second-order valence-corrected chi connectivity index (χ2v) is 7.38. The third-order valence-electron chi connectivity index (χ3n) is 6.40. The molecule has 2 fully saturated rings. The van der Waals surface area contributed by atoms with Crippen LogP contribution < -0.4 is 5.73 Å². The molecule has 0 aromatic rings. The van der Waals surface area contributed by atoms with Gasteiger partial charge in [-0.05, 0) is 64.3 Å². The number of nitrogens with zero attached hydrogens (tertiary/aromatic N) is 1. The van der Waals surface area contributed by atoms with Crippen molar-refractivity contribution in [2.45, 2.75) is 89.6 Å². The smallest absolute Gasteiger partial charge is 0.0331 e. The van der Waals surface area contributed by atoms with Crippen molar-refractivity contribution in [3.05, 3.63) is 0 Å². The van der Waals surface area contributed by atoms with Gasteiger partial charge in [0, 0.05) is 18.1 Å². The fourth-order valence-electron chi connectivity index (χ4n) is 4.65. The molecular formula is C17H34N2. The van der Waals surface area contributed by atoms with Crippen molar-refractivity contribution in [2.24, 2.45) is 11.1 Å². The predicted octanol–water partition coefficient (Wildman–Crippen LogP) is 3.94. The topological polar surface area (TPSA) is 29.3 Å². The highest BCUT2D eigenvalue weighted by Gasteiger charge is 2.45. The molecule has 2 nitrogen and oxygen atoms in total. The first-order chi connectivity index (χ1) is 9.07. The van der Waals surface area contributed by atoms with Gasteiger partial charge in [-0.15, -0.1) is 0 Å². The first-order valence-electron chi connectivity index (χ1n) is 8.50. The Hall–Kier alpha value is -0.0800. The molecule has 19 heavy (non-hydrogen) atoms. The van der Waals surface area contributed by atoms with Crippen LogP contribution in [0.1, 0.15) is 78.1 Å². The minimum atomic E-state index is 0.294. The largest absolute Gasteiger partial charge is 0.329 e. The van der Waals surface area contributed by atoms with Gasteiger partial charge in [-0.3, -0.25) is 4.90 Å². The Morgan fingerprint density at radius 3 is 2.11 bits per heavy atom. The highest BCUT2D eigenvalue weighted by Crippen LogP contribution is 2.52. The lowest BCUT2D eigenvalue weighted by molar-refractivity contribution is 0.00662. The lowest BCUT2D eigenvalue weighted by Crippen LogP contribution is -2.57. The van der Waals surface area contributed by atoms with E-state index in [1.807, 2.05) is 0 Å². The van der Waals surface area contributed by atoms with E-state index < -0.39 is 0 Å². The monoisotopic (exact) mass is 266 g/mol. The van der Waals surface area contributed by atoms with E-state index >= 15 is 0 Å². The second-order valence-electron chi connectivity index (χ2n) is 7.38. The fourth-order valence-corrected chi connectivity index (χ4v) is 4.65. The molecule has 1 spiro atoms. The second kappa shape index (κ2) is 6.13. The third kappa shape index (κ3) is 3.00. The maximum Gasteiger partial charge on any atom is 0.0331 e. The third-order valence-corrected chi connectivity index (χ3v) is 6.40. The average molecular weight is 266 g/mol. The van der Waals surface area contributed by atoms with Crippen LogP contribution in [0.15, 0.2) is 0 Å². The minimum Gasteiger partial charge on any atom is -0.329 e.